The fourth-order valence-corrected chi connectivity index (χ4v) is 3.52. The van der Waals surface area contributed by atoms with E-state index in [0.29, 0.717) is 12.0 Å². The van der Waals surface area contributed by atoms with Gasteiger partial charge >= 0.3 is 24.3 Å². The molecule has 38 heavy (non-hydrogen) atoms. The molecule has 3 rings (SSSR count). The van der Waals surface area contributed by atoms with Crippen molar-refractivity contribution >= 4 is 11.9 Å². The Morgan fingerprint density at radius 2 is 1.53 bits per heavy atom. The summed E-state index contributed by atoms with van der Waals surface area (Å²) in [5.41, 5.74) is 2.47. The molecule has 1 saturated heterocycles. The lowest BCUT2D eigenvalue weighted by molar-refractivity contribution is -0.193. The highest BCUT2D eigenvalue weighted by atomic mass is 19.4. The van der Waals surface area contributed by atoms with E-state index in [1.807, 2.05) is 31.5 Å². The fourth-order valence-electron chi connectivity index (χ4n) is 3.52. The van der Waals surface area contributed by atoms with Crippen LogP contribution >= 0.6 is 0 Å². The van der Waals surface area contributed by atoms with E-state index in [1.54, 1.807) is 7.11 Å². The predicted molar refractivity (Wildman–Crippen MR) is 122 cm³/mol. The predicted octanol–water partition coefficient (Wildman–Crippen LogP) is 4.44. The Bertz CT molecular complexity index is 963. The van der Waals surface area contributed by atoms with Crippen LogP contribution in [0.25, 0.3) is 0 Å². The highest BCUT2D eigenvalue weighted by molar-refractivity contribution is 5.73. The maximum Gasteiger partial charge on any atom is 0.490 e. The highest BCUT2D eigenvalue weighted by Crippen LogP contribution is 2.25. The third-order valence-corrected chi connectivity index (χ3v) is 5.30. The first kappa shape index (κ1) is 32.6. The molecule has 1 aliphatic heterocycles. The molecule has 1 aromatic carbocycles. The standard InChI is InChI=1S/C20H26N2O2.2C2HF3O2/c1-23-19-8-6-16(7-9-19)13-17-14-22(12-10-20(17)24-2)15-18-5-3-4-11-21-18;2*3-2(4,5)1(6)7/h3-9,11,17,20H,10,12-15H2,1-2H3;2*(H,6,7)/t17-,20-;;/m0../s1. The molecule has 14 heteroatoms. The second-order valence-electron chi connectivity index (χ2n) is 8.04. The molecule has 2 heterocycles. The first-order valence-corrected chi connectivity index (χ1v) is 11.1. The summed E-state index contributed by atoms with van der Waals surface area (Å²) in [7, 11) is 3.53. The quantitative estimate of drug-likeness (QED) is 0.505. The Balaban J connectivity index is 0.000000426. The smallest absolute Gasteiger partial charge is 0.490 e. The van der Waals surface area contributed by atoms with Crippen molar-refractivity contribution in [2.75, 3.05) is 27.3 Å². The number of carbonyl (C=O) groups is 2. The SMILES string of the molecule is COc1ccc(C[C@H]2CN(Cc3ccccn3)CC[C@@H]2OC)cc1.O=C(O)C(F)(F)F.O=C(O)C(F)(F)F. The lowest BCUT2D eigenvalue weighted by Gasteiger charge is -2.38. The van der Waals surface area contributed by atoms with Gasteiger partial charge in [0, 0.05) is 38.9 Å². The van der Waals surface area contributed by atoms with Crippen LogP contribution in [0.1, 0.15) is 17.7 Å². The minimum Gasteiger partial charge on any atom is -0.497 e. The summed E-state index contributed by atoms with van der Waals surface area (Å²) in [6.07, 6.45) is -5.87. The number of piperidine rings is 1. The molecule has 0 unspecified atom stereocenters. The van der Waals surface area contributed by atoms with E-state index in [9.17, 15) is 26.3 Å². The highest BCUT2D eigenvalue weighted by Gasteiger charge is 2.38. The molecule has 1 aliphatic rings. The number of carboxylic acid groups (broad SMARTS) is 2. The molecule has 8 nitrogen and oxygen atoms in total. The topological polar surface area (TPSA) is 109 Å². The zero-order valence-electron chi connectivity index (χ0n) is 20.5. The number of carboxylic acids is 2. The van der Waals surface area contributed by atoms with Crippen molar-refractivity contribution in [2.45, 2.75) is 37.8 Å². The number of likely N-dealkylation sites (tertiary alicyclic amines) is 1. The Morgan fingerprint density at radius 3 is 1.95 bits per heavy atom. The second-order valence-corrected chi connectivity index (χ2v) is 8.04. The maximum atomic E-state index is 10.6. The first-order chi connectivity index (χ1) is 17.7. The Morgan fingerprint density at radius 1 is 0.974 bits per heavy atom. The number of aromatic nitrogens is 1. The van der Waals surface area contributed by atoms with E-state index in [4.69, 9.17) is 29.3 Å². The molecule has 1 aromatic heterocycles. The molecule has 0 saturated carbocycles. The van der Waals surface area contributed by atoms with Gasteiger partial charge in [-0.15, -0.1) is 0 Å². The van der Waals surface area contributed by atoms with Crippen molar-refractivity contribution in [3.63, 3.8) is 0 Å². The number of pyridine rings is 1. The Hall–Kier alpha value is -3.39. The molecule has 212 valence electrons. The number of nitrogens with zero attached hydrogens (tertiary/aromatic N) is 2. The van der Waals surface area contributed by atoms with Crippen molar-refractivity contribution < 1.29 is 55.6 Å². The van der Waals surface area contributed by atoms with E-state index in [0.717, 1.165) is 43.9 Å². The zero-order chi connectivity index (χ0) is 28.9. The molecular formula is C24H28F6N2O6. The zero-order valence-corrected chi connectivity index (χ0v) is 20.5. The van der Waals surface area contributed by atoms with Crippen molar-refractivity contribution in [3.05, 3.63) is 59.9 Å². The van der Waals surface area contributed by atoms with Gasteiger partial charge in [0.25, 0.3) is 0 Å². The summed E-state index contributed by atoms with van der Waals surface area (Å²) in [6, 6.07) is 14.5. The van der Waals surface area contributed by atoms with Gasteiger partial charge in [-0.3, -0.25) is 9.88 Å². The van der Waals surface area contributed by atoms with Gasteiger partial charge in [-0.25, -0.2) is 9.59 Å². The molecule has 0 radical (unpaired) electrons. The first-order valence-electron chi connectivity index (χ1n) is 11.1. The largest absolute Gasteiger partial charge is 0.497 e. The van der Waals surface area contributed by atoms with E-state index >= 15 is 0 Å². The number of ether oxygens (including phenoxy) is 2. The van der Waals surface area contributed by atoms with Crippen LogP contribution in [0.15, 0.2) is 48.7 Å². The van der Waals surface area contributed by atoms with Crippen molar-refractivity contribution in [1.82, 2.24) is 9.88 Å². The van der Waals surface area contributed by atoms with Crippen molar-refractivity contribution in [3.8, 4) is 5.75 Å². The average Bonchev–Trinajstić information content (AvgIpc) is 2.85. The van der Waals surface area contributed by atoms with Gasteiger partial charge in [-0.2, -0.15) is 26.3 Å². The molecule has 0 amide bonds. The van der Waals surface area contributed by atoms with Crippen LogP contribution in [-0.2, 0) is 27.3 Å². The summed E-state index contributed by atoms with van der Waals surface area (Å²) < 4.78 is 74.5. The van der Waals surface area contributed by atoms with Gasteiger partial charge in [0.2, 0.25) is 0 Å². The normalized spacial score (nSPS) is 17.8. The van der Waals surface area contributed by atoms with Crippen LogP contribution < -0.4 is 4.74 Å². The third-order valence-electron chi connectivity index (χ3n) is 5.30. The van der Waals surface area contributed by atoms with Crippen LogP contribution in [0, 0.1) is 5.92 Å². The van der Waals surface area contributed by atoms with Gasteiger partial charge in [0.05, 0.1) is 18.9 Å². The second kappa shape index (κ2) is 15.1. The number of halogens is 6. The van der Waals surface area contributed by atoms with E-state index in [-0.39, 0.29) is 0 Å². The number of rotatable bonds is 6. The van der Waals surface area contributed by atoms with E-state index in [2.05, 4.69) is 34.1 Å². The summed E-state index contributed by atoms with van der Waals surface area (Å²) in [5.74, 6) is -4.11. The number of benzene rings is 1. The van der Waals surface area contributed by atoms with E-state index < -0.39 is 24.3 Å². The Labute approximate surface area is 214 Å². The monoisotopic (exact) mass is 554 g/mol. The maximum absolute atomic E-state index is 10.6. The molecule has 2 N–H and O–H groups in total. The van der Waals surface area contributed by atoms with Crippen LogP contribution in [-0.4, -0.2) is 77.8 Å². The molecule has 0 spiro atoms. The number of methoxy groups -OCH3 is 2. The van der Waals surface area contributed by atoms with Crippen molar-refractivity contribution in [2.24, 2.45) is 5.92 Å². The van der Waals surface area contributed by atoms with Gasteiger partial charge in [-0.05, 0) is 42.7 Å². The Kier molecular flexibility index (Phi) is 13.0. The molecular weight excluding hydrogens is 526 g/mol. The third kappa shape index (κ3) is 12.2. The van der Waals surface area contributed by atoms with Crippen LogP contribution in [0.5, 0.6) is 5.75 Å². The van der Waals surface area contributed by atoms with Gasteiger partial charge in [0.15, 0.2) is 0 Å². The number of aliphatic carboxylic acids is 2. The fraction of sp³-hybridized carbons (Fsp3) is 0.458. The van der Waals surface area contributed by atoms with Crippen LogP contribution in [0.2, 0.25) is 0 Å². The summed E-state index contributed by atoms with van der Waals surface area (Å²) in [5, 5.41) is 14.2. The van der Waals surface area contributed by atoms with Crippen LogP contribution in [0.4, 0.5) is 26.3 Å². The minimum atomic E-state index is -5.08. The van der Waals surface area contributed by atoms with Crippen LogP contribution in [0.3, 0.4) is 0 Å². The van der Waals surface area contributed by atoms with E-state index in [1.165, 1.54) is 5.56 Å². The molecule has 2 aromatic rings. The number of hydrogen-bond acceptors (Lipinski definition) is 6. The molecule has 0 bridgehead atoms. The number of hydrogen-bond donors (Lipinski definition) is 2. The molecule has 1 fully saturated rings. The molecule has 0 aliphatic carbocycles. The van der Waals surface area contributed by atoms with Gasteiger partial charge in [-0.1, -0.05) is 18.2 Å². The van der Waals surface area contributed by atoms with Gasteiger partial charge < -0.3 is 19.7 Å². The summed E-state index contributed by atoms with van der Waals surface area (Å²) >= 11 is 0. The summed E-state index contributed by atoms with van der Waals surface area (Å²) in [6.45, 7) is 3.02. The average molecular weight is 554 g/mol. The lowest BCUT2D eigenvalue weighted by Crippen LogP contribution is -2.44. The molecule has 2 atom stereocenters. The minimum absolute atomic E-state index is 0.326. The summed E-state index contributed by atoms with van der Waals surface area (Å²) in [4.78, 5) is 24.7. The van der Waals surface area contributed by atoms with Gasteiger partial charge in [0.1, 0.15) is 5.75 Å². The van der Waals surface area contributed by atoms with Crippen molar-refractivity contribution in [1.29, 1.82) is 0 Å². The number of alkyl halides is 6. The lowest BCUT2D eigenvalue weighted by atomic mass is 9.88.